The van der Waals surface area contributed by atoms with Crippen molar-refractivity contribution >= 4 is 11.5 Å². The molecule has 0 aromatic carbocycles. The lowest BCUT2D eigenvalue weighted by atomic mass is 10.2. The molecule has 104 valence electrons. The number of hydrogen-bond acceptors (Lipinski definition) is 6. The molecule has 0 aliphatic carbocycles. The zero-order chi connectivity index (χ0) is 13.2. The monoisotopic (exact) mass is 265 g/mol. The minimum Gasteiger partial charge on any atom is -0.391 e. The number of anilines is 2. The normalized spacial score (nSPS) is 27.2. The van der Waals surface area contributed by atoms with Gasteiger partial charge in [-0.15, -0.1) is 0 Å². The SMILES string of the molecule is Nc1c(NCC2CN3CCCC3CO2)nc[nH]c1=O. The second kappa shape index (κ2) is 5.18. The van der Waals surface area contributed by atoms with Gasteiger partial charge in [0.25, 0.3) is 5.56 Å². The van der Waals surface area contributed by atoms with E-state index in [0.29, 0.717) is 18.4 Å². The van der Waals surface area contributed by atoms with E-state index in [1.807, 2.05) is 0 Å². The van der Waals surface area contributed by atoms with Crippen LogP contribution in [-0.4, -0.2) is 53.3 Å². The Labute approximate surface area is 111 Å². The summed E-state index contributed by atoms with van der Waals surface area (Å²) in [6.45, 7) is 3.51. The Morgan fingerprint density at radius 1 is 1.63 bits per heavy atom. The average molecular weight is 265 g/mol. The molecule has 2 aliphatic rings. The van der Waals surface area contributed by atoms with Gasteiger partial charge in [-0.1, -0.05) is 0 Å². The van der Waals surface area contributed by atoms with Crippen molar-refractivity contribution in [3.8, 4) is 0 Å². The molecule has 2 saturated heterocycles. The van der Waals surface area contributed by atoms with E-state index in [2.05, 4.69) is 20.2 Å². The van der Waals surface area contributed by atoms with Crippen LogP contribution in [0, 0.1) is 0 Å². The van der Waals surface area contributed by atoms with Gasteiger partial charge in [0.1, 0.15) is 5.69 Å². The second-order valence-electron chi connectivity index (χ2n) is 5.12. The Kier molecular flexibility index (Phi) is 3.39. The van der Waals surface area contributed by atoms with Crippen LogP contribution in [0.1, 0.15) is 12.8 Å². The van der Waals surface area contributed by atoms with Crippen LogP contribution in [0.4, 0.5) is 11.5 Å². The minimum absolute atomic E-state index is 0.120. The number of nitrogens with one attached hydrogen (secondary N) is 2. The summed E-state index contributed by atoms with van der Waals surface area (Å²) in [4.78, 5) is 20.3. The number of ether oxygens (including phenoxy) is 1. The molecule has 0 spiro atoms. The summed E-state index contributed by atoms with van der Waals surface area (Å²) < 4.78 is 5.83. The van der Waals surface area contributed by atoms with Crippen LogP contribution in [0.3, 0.4) is 0 Å². The van der Waals surface area contributed by atoms with Gasteiger partial charge in [0.15, 0.2) is 5.82 Å². The zero-order valence-corrected chi connectivity index (χ0v) is 10.8. The van der Waals surface area contributed by atoms with Crippen LogP contribution < -0.4 is 16.6 Å². The summed E-state index contributed by atoms with van der Waals surface area (Å²) in [6, 6.07) is 0.596. The Morgan fingerprint density at radius 2 is 2.53 bits per heavy atom. The zero-order valence-electron chi connectivity index (χ0n) is 10.8. The lowest BCUT2D eigenvalue weighted by Gasteiger charge is -2.35. The van der Waals surface area contributed by atoms with E-state index in [1.165, 1.54) is 19.2 Å². The highest BCUT2D eigenvalue weighted by Crippen LogP contribution is 2.22. The number of aromatic amines is 1. The van der Waals surface area contributed by atoms with Crippen LogP contribution >= 0.6 is 0 Å². The summed E-state index contributed by atoms with van der Waals surface area (Å²) in [5, 5.41) is 3.10. The molecule has 2 aliphatic heterocycles. The standard InChI is InChI=1S/C12H19N5O2/c13-10-11(15-7-16-12(10)18)14-4-9-5-17-3-1-2-8(17)6-19-9/h7-9H,1-6,13H2,(H2,14,15,16,18). The third kappa shape index (κ3) is 2.57. The Balaban J connectivity index is 1.57. The maximum absolute atomic E-state index is 11.3. The molecular weight excluding hydrogens is 246 g/mol. The molecule has 3 rings (SSSR count). The number of nitrogens with zero attached hydrogens (tertiary/aromatic N) is 2. The number of nitrogens with two attached hydrogens (primary N) is 1. The smallest absolute Gasteiger partial charge is 0.276 e. The fourth-order valence-corrected chi connectivity index (χ4v) is 2.77. The highest BCUT2D eigenvalue weighted by molar-refractivity contribution is 5.58. The van der Waals surface area contributed by atoms with Crippen LogP contribution in [0.15, 0.2) is 11.1 Å². The molecule has 0 saturated carbocycles. The number of H-pyrrole nitrogens is 1. The van der Waals surface area contributed by atoms with Gasteiger partial charge < -0.3 is 20.8 Å². The second-order valence-corrected chi connectivity index (χ2v) is 5.12. The van der Waals surface area contributed by atoms with E-state index in [4.69, 9.17) is 10.5 Å². The molecule has 2 unspecified atom stereocenters. The molecule has 7 nitrogen and oxygen atoms in total. The topological polar surface area (TPSA) is 96.3 Å². The highest BCUT2D eigenvalue weighted by atomic mass is 16.5. The fourth-order valence-electron chi connectivity index (χ4n) is 2.77. The predicted molar refractivity (Wildman–Crippen MR) is 72.1 cm³/mol. The molecule has 7 heteroatoms. The Bertz CT molecular complexity index is 503. The van der Waals surface area contributed by atoms with Crippen LogP contribution in [-0.2, 0) is 4.74 Å². The third-order valence-corrected chi connectivity index (χ3v) is 3.85. The number of aromatic nitrogens is 2. The van der Waals surface area contributed by atoms with Gasteiger partial charge in [-0.3, -0.25) is 9.69 Å². The molecule has 0 radical (unpaired) electrons. The molecule has 2 fully saturated rings. The van der Waals surface area contributed by atoms with Crippen molar-refractivity contribution in [2.45, 2.75) is 25.0 Å². The van der Waals surface area contributed by atoms with E-state index in [-0.39, 0.29) is 17.4 Å². The van der Waals surface area contributed by atoms with E-state index >= 15 is 0 Å². The van der Waals surface area contributed by atoms with E-state index < -0.39 is 0 Å². The van der Waals surface area contributed by atoms with E-state index in [9.17, 15) is 4.79 Å². The highest BCUT2D eigenvalue weighted by Gasteiger charge is 2.32. The van der Waals surface area contributed by atoms with Gasteiger partial charge in [-0.2, -0.15) is 0 Å². The van der Waals surface area contributed by atoms with Crippen LogP contribution in [0.25, 0.3) is 0 Å². The average Bonchev–Trinajstić information content (AvgIpc) is 2.88. The summed E-state index contributed by atoms with van der Waals surface area (Å²) in [7, 11) is 0. The van der Waals surface area contributed by atoms with E-state index in [1.54, 1.807) is 0 Å². The first-order chi connectivity index (χ1) is 9.24. The van der Waals surface area contributed by atoms with Gasteiger partial charge >= 0.3 is 0 Å². The number of nitrogen functional groups attached to an aromatic ring is 1. The molecule has 1 aromatic rings. The lowest BCUT2D eigenvalue weighted by Crippen LogP contribution is -2.48. The van der Waals surface area contributed by atoms with Gasteiger partial charge in [0.05, 0.1) is 19.0 Å². The first-order valence-electron chi connectivity index (χ1n) is 6.66. The summed E-state index contributed by atoms with van der Waals surface area (Å²) >= 11 is 0. The Hall–Kier alpha value is -1.60. The number of morpholine rings is 1. The number of hydrogen-bond donors (Lipinski definition) is 3. The van der Waals surface area contributed by atoms with Crippen molar-refractivity contribution < 1.29 is 4.74 Å². The Morgan fingerprint density at radius 3 is 3.42 bits per heavy atom. The molecule has 1 aromatic heterocycles. The van der Waals surface area contributed by atoms with E-state index in [0.717, 1.165) is 19.7 Å². The van der Waals surface area contributed by atoms with Crippen molar-refractivity contribution in [3.63, 3.8) is 0 Å². The summed E-state index contributed by atoms with van der Waals surface area (Å²) in [5.41, 5.74) is 5.47. The molecule has 4 N–H and O–H groups in total. The van der Waals surface area contributed by atoms with Crippen LogP contribution in [0.2, 0.25) is 0 Å². The molecule has 19 heavy (non-hydrogen) atoms. The van der Waals surface area contributed by atoms with Crippen molar-refractivity contribution in [1.29, 1.82) is 0 Å². The number of fused-ring (bicyclic) bond motifs is 1. The van der Waals surface area contributed by atoms with Gasteiger partial charge in [-0.05, 0) is 19.4 Å². The van der Waals surface area contributed by atoms with Gasteiger partial charge in [0.2, 0.25) is 0 Å². The minimum atomic E-state index is -0.318. The lowest BCUT2D eigenvalue weighted by molar-refractivity contribution is -0.0415. The first-order valence-corrected chi connectivity index (χ1v) is 6.66. The fraction of sp³-hybridized carbons (Fsp3) is 0.667. The maximum Gasteiger partial charge on any atom is 0.276 e. The first kappa shape index (κ1) is 12.4. The summed E-state index contributed by atoms with van der Waals surface area (Å²) in [5.74, 6) is 0.427. The molecule has 3 heterocycles. The van der Waals surface area contributed by atoms with Crippen LogP contribution in [0.5, 0.6) is 0 Å². The van der Waals surface area contributed by atoms with Gasteiger partial charge in [0, 0.05) is 19.1 Å². The number of rotatable bonds is 3. The largest absolute Gasteiger partial charge is 0.391 e. The molecule has 2 atom stereocenters. The van der Waals surface area contributed by atoms with Crippen molar-refractivity contribution in [2.75, 3.05) is 37.3 Å². The van der Waals surface area contributed by atoms with Crippen molar-refractivity contribution in [3.05, 3.63) is 16.7 Å². The van der Waals surface area contributed by atoms with Crippen molar-refractivity contribution in [2.24, 2.45) is 0 Å². The maximum atomic E-state index is 11.3. The van der Waals surface area contributed by atoms with Crippen molar-refractivity contribution in [1.82, 2.24) is 14.9 Å². The predicted octanol–water partition coefficient (Wildman–Crippen LogP) is -0.373. The summed E-state index contributed by atoms with van der Waals surface area (Å²) in [6.07, 6.45) is 3.97. The van der Waals surface area contributed by atoms with Gasteiger partial charge in [-0.25, -0.2) is 4.98 Å². The third-order valence-electron chi connectivity index (χ3n) is 3.85. The quantitative estimate of drug-likeness (QED) is 0.690. The molecule has 0 bridgehead atoms. The molecular formula is C12H19N5O2. The molecule has 0 amide bonds.